The van der Waals surface area contributed by atoms with Crippen LogP contribution in [0.3, 0.4) is 0 Å². The monoisotopic (exact) mass is 242 g/mol. The maximum absolute atomic E-state index is 10.8. The van der Waals surface area contributed by atoms with Crippen molar-refractivity contribution in [3.8, 4) is 0 Å². The van der Waals surface area contributed by atoms with Crippen LogP contribution in [0.1, 0.15) is 18.5 Å². The van der Waals surface area contributed by atoms with E-state index in [1.54, 1.807) is 0 Å². The molecule has 4 nitrogen and oxygen atoms in total. The van der Waals surface area contributed by atoms with Gasteiger partial charge in [-0.1, -0.05) is 18.2 Å². The standard InChI is InChI=1S/C14H14N2O2/c17-14(18)8-10-7-13(15-9-5-6-9)11-3-1-2-4-12(11)16-10/h1-4,7,9H,5-6,8H2,(H,15,16)(H,17,18). The topological polar surface area (TPSA) is 62.2 Å². The van der Waals surface area contributed by atoms with Crippen molar-refractivity contribution in [2.45, 2.75) is 25.3 Å². The molecule has 3 rings (SSSR count). The molecule has 18 heavy (non-hydrogen) atoms. The Morgan fingerprint density at radius 3 is 2.89 bits per heavy atom. The molecule has 0 unspecified atom stereocenters. The highest BCUT2D eigenvalue weighted by molar-refractivity contribution is 5.92. The van der Waals surface area contributed by atoms with Gasteiger partial charge in [-0.25, -0.2) is 0 Å². The van der Waals surface area contributed by atoms with Crippen molar-refractivity contribution < 1.29 is 9.90 Å². The molecule has 0 saturated heterocycles. The summed E-state index contributed by atoms with van der Waals surface area (Å²) >= 11 is 0. The number of pyridine rings is 1. The summed E-state index contributed by atoms with van der Waals surface area (Å²) in [6.45, 7) is 0. The van der Waals surface area contributed by atoms with Gasteiger partial charge in [-0.15, -0.1) is 0 Å². The average Bonchev–Trinajstić information content (AvgIpc) is 3.12. The van der Waals surface area contributed by atoms with Gasteiger partial charge in [0.05, 0.1) is 17.6 Å². The fourth-order valence-corrected chi connectivity index (χ4v) is 2.04. The fraction of sp³-hybridized carbons (Fsp3) is 0.286. The Labute approximate surface area is 105 Å². The summed E-state index contributed by atoms with van der Waals surface area (Å²) in [6.07, 6.45) is 2.33. The minimum absolute atomic E-state index is 0.0375. The van der Waals surface area contributed by atoms with E-state index in [1.165, 1.54) is 12.8 Å². The van der Waals surface area contributed by atoms with E-state index < -0.39 is 5.97 Å². The van der Waals surface area contributed by atoms with E-state index in [9.17, 15) is 4.79 Å². The van der Waals surface area contributed by atoms with E-state index in [-0.39, 0.29) is 6.42 Å². The molecule has 1 fully saturated rings. The molecular formula is C14H14N2O2. The first-order chi connectivity index (χ1) is 8.72. The quantitative estimate of drug-likeness (QED) is 0.864. The minimum Gasteiger partial charge on any atom is -0.481 e. The van der Waals surface area contributed by atoms with Gasteiger partial charge in [-0.05, 0) is 25.0 Å². The van der Waals surface area contributed by atoms with Crippen molar-refractivity contribution >= 4 is 22.6 Å². The van der Waals surface area contributed by atoms with Crippen molar-refractivity contribution in [2.75, 3.05) is 5.32 Å². The van der Waals surface area contributed by atoms with Crippen LogP contribution in [0.4, 0.5) is 5.69 Å². The second-order valence-electron chi connectivity index (χ2n) is 4.67. The van der Waals surface area contributed by atoms with Crippen LogP contribution in [0.15, 0.2) is 30.3 Å². The van der Waals surface area contributed by atoms with Crippen molar-refractivity contribution in [2.24, 2.45) is 0 Å². The van der Waals surface area contributed by atoms with Crippen LogP contribution in [0.25, 0.3) is 10.9 Å². The Morgan fingerprint density at radius 2 is 2.17 bits per heavy atom. The molecule has 1 aromatic heterocycles. The lowest BCUT2D eigenvalue weighted by Crippen LogP contribution is -2.06. The number of para-hydroxylation sites is 1. The Balaban J connectivity index is 2.06. The third kappa shape index (κ3) is 2.27. The average molecular weight is 242 g/mol. The molecule has 1 aliphatic carbocycles. The van der Waals surface area contributed by atoms with Crippen LogP contribution in [0.5, 0.6) is 0 Å². The maximum Gasteiger partial charge on any atom is 0.309 e. The molecule has 0 amide bonds. The SMILES string of the molecule is O=C(O)Cc1cc(NC2CC2)c2ccccc2n1. The Kier molecular flexibility index (Phi) is 2.63. The number of hydrogen-bond acceptors (Lipinski definition) is 3. The molecule has 2 N–H and O–H groups in total. The molecule has 0 bridgehead atoms. The number of benzene rings is 1. The molecule has 1 saturated carbocycles. The first-order valence-electron chi connectivity index (χ1n) is 6.09. The highest BCUT2D eigenvalue weighted by atomic mass is 16.4. The van der Waals surface area contributed by atoms with Crippen LogP contribution in [0, 0.1) is 0 Å². The number of carboxylic acids is 1. The first kappa shape index (κ1) is 11.0. The van der Waals surface area contributed by atoms with Crippen LogP contribution in [-0.2, 0) is 11.2 Å². The number of nitrogens with one attached hydrogen (secondary N) is 1. The number of rotatable bonds is 4. The van der Waals surface area contributed by atoms with E-state index >= 15 is 0 Å². The van der Waals surface area contributed by atoms with E-state index in [1.807, 2.05) is 30.3 Å². The summed E-state index contributed by atoms with van der Waals surface area (Å²) in [5.41, 5.74) is 2.45. The number of fused-ring (bicyclic) bond motifs is 1. The molecule has 2 aromatic rings. The predicted molar refractivity (Wildman–Crippen MR) is 69.7 cm³/mol. The van der Waals surface area contributed by atoms with E-state index in [2.05, 4.69) is 10.3 Å². The second-order valence-corrected chi connectivity index (χ2v) is 4.67. The van der Waals surface area contributed by atoms with Crippen molar-refractivity contribution in [1.82, 2.24) is 4.98 Å². The zero-order chi connectivity index (χ0) is 12.5. The zero-order valence-corrected chi connectivity index (χ0v) is 9.89. The van der Waals surface area contributed by atoms with E-state index in [4.69, 9.17) is 5.11 Å². The molecular weight excluding hydrogens is 228 g/mol. The number of hydrogen-bond donors (Lipinski definition) is 2. The molecule has 1 aliphatic rings. The van der Waals surface area contributed by atoms with Crippen LogP contribution >= 0.6 is 0 Å². The van der Waals surface area contributed by atoms with Crippen molar-refractivity contribution in [3.63, 3.8) is 0 Å². The van der Waals surface area contributed by atoms with Gasteiger partial charge in [0.2, 0.25) is 0 Å². The lowest BCUT2D eigenvalue weighted by molar-refractivity contribution is -0.136. The third-order valence-corrected chi connectivity index (χ3v) is 3.04. The smallest absolute Gasteiger partial charge is 0.309 e. The van der Waals surface area contributed by atoms with Gasteiger partial charge >= 0.3 is 5.97 Å². The van der Waals surface area contributed by atoms with Gasteiger partial charge in [-0.2, -0.15) is 0 Å². The van der Waals surface area contributed by atoms with Crippen molar-refractivity contribution in [3.05, 3.63) is 36.0 Å². The van der Waals surface area contributed by atoms with Gasteiger partial charge in [0, 0.05) is 17.1 Å². The largest absolute Gasteiger partial charge is 0.481 e. The normalized spacial score (nSPS) is 14.7. The summed E-state index contributed by atoms with van der Waals surface area (Å²) in [4.78, 5) is 15.2. The zero-order valence-electron chi connectivity index (χ0n) is 9.89. The van der Waals surface area contributed by atoms with Gasteiger partial charge < -0.3 is 10.4 Å². The van der Waals surface area contributed by atoms with Crippen LogP contribution in [-0.4, -0.2) is 22.1 Å². The van der Waals surface area contributed by atoms with Gasteiger partial charge in [0.1, 0.15) is 0 Å². The summed E-state index contributed by atoms with van der Waals surface area (Å²) in [6, 6.07) is 10.2. The van der Waals surface area contributed by atoms with Gasteiger partial charge in [0.15, 0.2) is 0 Å². The summed E-state index contributed by atoms with van der Waals surface area (Å²) in [5, 5.41) is 13.4. The summed E-state index contributed by atoms with van der Waals surface area (Å²) in [5.74, 6) is -0.852. The molecule has 92 valence electrons. The molecule has 0 aliphatic heterocycles. The van der Waals surface area contributed by atoms with Gasteiger partial charge in [0.25, 0.3) is 0 Å². The molecule has 4 heteroatoms. The molecule has 0 radical (unpaired) electrons. The minimum atomic E-state index is -0.852. The summed E-state index contributed by atoms with van der Waals surface area (Å²) in [7, 11) is 0. The highest BCUT2D eigenvalue weighted by Gasteiger charge is 2.22. The maximum atomic E-state index is 10.8. The number of anilines is 1. The molecule has 0 atom stereocenters. The molecule has 1 aromatic carbocycles. The van der Waals surface area contributed by atoms with E-state index in [0.717, 1.165) is 16.6 Å². The second kappa shape index (κ2) is 4.29. The first-order valence-corrected chi connectivity index (χ1v) is 6.09. The van der Waals surface area contributed by atoms with Crippen molar-refractivity contribution in [1.29, 1.82) is 0 Å². The number of aromatic nitrogens is 1. The Morgan fingerprint density at radius 1 is 1.39 bits per heavy atom. The predicted octanol–water partition coefficient (Wildman–Crippen LogP) is 2.44. The van der Waals surface area contributed by atoms with E-state index in [0.29, 0.717) is 11.7 Å². The Bertz CT molecular complexity index is 606. The highest BCUT2D eigenvalue weighted by Crippen LogP contribution is 2.29. The number of carboxylic acid groups (broad SMARTS) is 1. The lowest BCUT2D eigenvalue weighted by atomic mass is 10.1. The third-order valence-electron chi connectivity index (χ3n) is 3.04. The lowest BCUT2D eigenvalue weighted by Gasteiger charge is -2.10. The number of aliphatic carboxylic acids is 1. The number of nitrogens with zero attached hydrogens (tertiary/aromatic N) is 1. The van der Waals surface area contributed by atoms with Gasteiger partial charge in [-0.3, -0.25) is 9.78 Å². The molecule has 0 spiro atoms. The van der Waals surface area contributed by atoms with Crippen LogP contribution in [0.2, 0.25) is 0 Å². The molecule has 1 heterocycles. The number of carbonyl (C=O) groups is 1. The Hall–Kier alpha value is -2.10. The van der Waals surface area contributed by atoms with Crippen LogP contribution < -0.4 is 5.32 Å². The summed E-state index contributed by atoms with van der Waals surface area (Å²) < 4.78 is 0. The fourth-order valence-electron chi connectivity index (χ4n) is 2.04.